The number of carbonyl (C=O) groups is 4. The van der Waals surface area contributed by atoms with Gasteiger partial charge in [0, 0.05) is 22.9 Å². The number of hydrogen-bond donors (Lipinski definition) is 1. The second kappa shape index (κ2) is 7.98. The molecule has 0 aliphatic carbocycles. The highest BCUT2D eigenvalue weighted by Crippen LogP contribution is 2.30. The minimum atomic E-state index is -0.666. The predicted molar refractivity (Wildman–Crippen MR) is 109 cm³/mol. The van der Waals surface area contributed by atoms with E-state index in [-0.39, 0.29) is 29.2 Å². The molecule has 3 rings (SSSR count). The second-order valence-electron chi connectivity index (χ2n) is 7.72. The van der Waals surface area contributed by atoms with Gasteiger partial charge in [-0.15, -0.1) is 0 Å². The molecule has 156 valence electrons. The summed E-state index contributed by atoms with van der Waals surface area (Å²) < 4.78 is 9.82. The third-order valence-corrected chi connectivity index (χ3v) is 4.50. The van der Waals surface area contributed by atoms with Crippen LogP contribution in [0.4, 0.5) is 5.69 Å². The maximum absolute atomic E-state index is 12.7. The Balaban J connectivity index is 1.77. The topological polar surface area (TPSA) is 102 Å². The first-order valence-corrected chi connectivity index (χ1v) is 9.26. The highest BCUT2D eigenvalue weighted by molar-refractivity contribution is 6.22. The fourth-order valence-electron chi connectivity index (χ4n) is 3.06. The van der Waals surface area contributed by atoms with Crippen molar-refractivity contribution < 1.29 is 28.7 Å². The van der Waals surface area contributed by atoms with Gasteiger partial charge in [0.2, 0.25) is 0 Å². The molecule has 0 radical (unpaired) electrons. The Labute approximate surface area is 173 Å². The van der Waals surface area contributed by atoms with Crippen LogP contribution in [0.5, 0.6) is 5.75 Å². The number of amides is 3. The van der Waals surface area contributed by atoms with Crippen LogP contribution in [0.15, 0.2) is 42.5 Å². The lowest BCUT2D eigenvalue weighted by molar-refractivity contribution is -0.142. The van der Waals surface area contributed by atoms with Gasteiger partial charge >= 0.3 is 5.97 Å². The van der Waals surface area contributed by atoms with Crippen molar-refractivity contribution in [3.8, 4) is 5.75 Å². The number of rotatable bonds is 5. The maximum Gasteiger partial charge on any atom is 0.343 e. The van der Waals surface area contributed by atoms with Gasteiger partial charge in [0.05, 0.1) is 18.2 Å². The molecular weight excluding hydrogens is 388 g/mol. The normalized spacial score (nSPS) is 13.1. The minimum absolute atomic E-state index is 0.206. The number of fused-ring (bicyclic) bond motifs is 1. The molecule has 8 nitrogen and oxygen atoms in total. The van der Waals surface area contributed by atoms with Crippen molar-refractivity contribution in [3.63, 3.8) is 0 Å². The van der Waals surface area contributed by atoms with Gasteiger partial charge in [-0.25, -0.2) is 4.79 Å². The van der Waals surface area contributed by atoms with Crippen LogP contribution in [-0.2, 0) is 9.53 Å². The molecule has 3 amide bonds. The molecule has 0 fully saturated rings. The number of nitrogens with zero attached hydrogens (tertiary/aromatic N) is 1. The van der Waals surface area contributed by atoms with Crippen LogP contribution in [0.25, 0.3) is 0 Å². The smallest absolute Gasteiger partial charge is 0.343 e. The van der Waals surface area contributed by atoms with Crippen molar-refractivity contribution in [1.82, 2.24) is 4.90 Å². The third kappa shape index (κ3) is 4.17. The molecule has 0 bridgehead atoms. The van der Waals surface area contributed by atoms with Crippen LogP contribution in [0.1, 0.15) is 51.8 Å². The predicted octanol–water partition coefficient (Wildman–Crippen LogP) is 2.89. The fourth-order valence-corrected chi connectivity index (χ4v) is 3.06. The van der Waals surface area contributed by atoms with E-state index in [1.165, 1.54) is 30.2 Å². The Kier molecular flexibility index (Phi) is 5.60. The SMILES string of the molecule is COC(=O)COc1cccc(NC(=O)c2ccc3c(c2)C(=O)N(C(C)(C)C)C3=O)c1. The lowest BCUT2D eigenvalue weighted by Crippen LogP contribution is -2.45. The number of imide groups is 1. The molecule has 0 atom stereocenters. The number of carbonyl (C=O) groups excluding carboxylic acids is 4. The summed E-state index contributed by atoms with van der Waals surface area (Å²) >= 11 is 0. The zero-order chi connectivity index (χ0) is 22.1. The molecule has 1 aliphatic rings. The van der Waals surface area contributed by atoms with Gasteiger partial charge in [0.1, 0.15) is 5.75 Å². The summed E-state index contributed by atoms with van der Waals surface area (Å²) in [7, 11) is 1.26. The van der Waals surface area contributed by atoms with E-state index in [2.05, 4.69) is 10.1 Å². The van der Waals surface area contributed by atoms with Gasteiger partial charge in [-0.05, 0) is 51.1 Å². The molecule has 30 heavy (non-hydrogen) atoms. The fraction of sp³-hybridized carbons (Fsp3) is 0.273. The summed E-state index contributed by atoms with van der Waals surface area (Å²) in [5.41, 5.74) is 0.510. The molecule has 1 heterocycles. The Morgan fingerprint density at radius 2 is 1.70 bits per heavy atom. The summed E-state index contributed by atoms with van der Waals surface area (Å²) in [6.45, 7) is 5.08. The summed E-state index contributed by atoms with van der Waals surface area (Å²) in [5, 5.41) is 2.71. The van der Waals surface area contributed by atoms with Crippen molar-refractivity contribution in [2.75, 3.05) is 19.0 Å². The van der Waals surface area contributed by atoms with E-state index in [0.29, 0.717) is 11.4 Å². The number of nitrogens with one attached hydrogen (secondary N) is 1. The van der Waals surface area contributed by atoms with E-state index in [4.69, 9.17) is 4.74 Å². The lowest BCUT2D eigenvalue weighted by atomic mass is 10.1. The summed E-state index contributed by atoms with van der Waals surface area (Å²) in [6, 6.07) is 10.9. The van der Waals surface area contributed by atoms with Crippen LogP contribution in [-0.4, -0.2) is 47.8 Å². The molecule has 8 heteroatoms. The standard InChI is InChI=1S/C22H22N2O6/c1-22(2,3)24-20(27)16-9-8-13(10-17(16)21(24)28)19(26)23-14-6-5-7-15(11-14)30-12-18(25)29-4/h5-11H,12H2,1-4H3,(H,23,26). The van der Waals surface area contributed by atoms with Crippen LogP contribution in [0, 0.1) is 0 Å². The number of benzene rings is 2. The van der Waals surface area contributed by atoms with Gasteiger partial charge in [-0.1, -0.05) is 6.07 Å². The van der Waals surface area contributed by atoms with Crippen molar-refractivity contribution in [1.29, 1.82) is 0 Å². The van der Waals surface area contributed by atoms with E-state index in [1.54, 1.807) is 45.0 Å². The number of esters is 1. The summed E-state index contributed by atoms with van der Waals surface area (Å²) in [4.78, 5) is 50.3. The second-order valence-corrected chi connectivity index (χ2v) is 7.72. The molecule has 2 aromatic carbocycles. The first-order valence-electron chi connectivity index (χ1n) is 9.26. The number of anilines is 1. The maximum atomic E-state index is 12.7. The molecule has 1 N–H and O–H groups in total. The van der Waals surface area contributed by atoms with Gasteiger partial charge in [-0.2, -0.15) is 0 Å². The Morgan fingerprint density at radius 1 is 1.00 bits per heavy atom. The Hall–Kier alpha value is -3.68. The van der Waals surface area contributed by atoms with E-state index >= 15 is 0 Å². The van der Waals surface area contributed by atoms with Crippen molar-refractivity contribution in [3.05, 3.63) is 59.2 Å². The van der Waals surface area contributed by atoms with Crippen molar-refractivity contribution in [2.45, 2.75) is 26.3 Å². The molecule has 0 spiro atoms. The lowest BCUT2D eigenvalue weighted by Gasteiger charge is -2.29. The molecule has 1 aliphatic heterocycles. The zero-order valence-electron chi connectivity index (χ0n) is 17.1. The minimum Gasteiger partial charge on any atom is -0.482 e. The van der Waals surface area contributed by atoms with Gasteiger partial charge in [0.15, 0.2) is 6.61 Å². The molecule has 0 saturated heterocycles. The molecule has 0 saturated carbocycles. The van der Waals surface area contributed by atoms with Crippen LogP contribution < -0.4 is 10.1 Å². The quantitative estimate of drug-likeness (QED) is 0.601. The van der Waals surface area contributed by atoms with E-state index in [1.807, 2.05) is 0 Å². The van der Waals surface area contributed by atoms with Crippen molar-refractivity contribution in [2.24, 2.45) is 0 Å². The van der Waals surface area contributed by atoms with E-state index in [9.17, 15) is 19.2 Å². The number of ether oxygens (including phenoxy) is 2. The number of hydrogen-bond acceptors (Lipinski definition) is 6. The summed E-state index contributed by atoms with van der Waals surface area (Å²) in [6.07, 6.45) is 0. The van der Waals surface area contributed by atoms with Gasteiger partial charge in [0.25, 0.3) is 17.7 Å². The first kappa shape index (κ1) is 21.0. The third-order valence-electron chi connectivity index (χ3n) is 4.50. The first-order chi connectivity index (χ1) is 14.1. The zero-order valence-corrected chi connectivity index (χ0v) is 17.1. The van der Waals surface area contributed by atoms with E-state index in [0.717, 1.165) is 0 Å². The monoisotopic (exact) mass is 410 g/mol. The average Bonchev–Trinajstić information content (AvgIpc) is 2.96. The Morgan fingerprint density at radius 3 is 2.37 bits per heavy atom. The Bertz CT molecular complexity index is 1040. The van der Waals surface area contributed by atoms with Crippen LogP contribution in [0.3, 0.4) is 0 Å². The van der Waals surface area contributed by atoms with Gasteiger partial charge < -0.3 is 14.8 Å². The highest BCUT2D eigenvalue weighted by Gasteiger charge is 2.42. The van der Waals surface area contributed by atoms with E-state index < -0.39 is 23.3 Å². The molecular formula is C22H22N2O6. The van der Waals surface area contributed by atoms with Crippen molar-refractivity contribution >= 4 is 29.4 Å². The van der Waals surface area contributed by atoms with Gasteiger partial charge in [-0.3, -0.25) is 19.3 Å². The molecule has 2 aromatic rings. The molecule has 0 aromatic heterocycles. The highest BCUT2D eigenvalue weighted by atomic mass is 16.6. The average molecular weight is 410 g/mol. The number of methoxy groups -OCH3 is 1. The summed E-state index contributed by atoms with van der Waals surface area (Å²) in [5.74, 6) is -1.38. The van der Waals surface area contributed by atoms with Crippen LogP contribution in [0.2, 0.25) is 0 Å². The largest absolute Gasteiger partial charge is 0.482 e. The van der Waals surface area contributed by atoms with Crippen LogP contribution >= 0.6 is 0 Å². The molecule has 0 unspecified atom stereocenters.